The second kappa shape index (κ2) is 11.1. The lowest BCUT2D eigenvalue weighted by Crippen LogP contribution is -2.42. The fourth-order valence-electron chi connectivity index (χ4n) is 2.78. The maximum absolute atomic E-state index is 5.13. The average Bonchev–Trinajstić information content (AvgIpc) is 3.00. The van der Waals surface area contributed by atoms with Gasteiger partial charge in [0.2, 0.25) is 0 Å². The quantitative estimate of drug-likeness (QED) is 0.397. The van der Waals surface area contributed by atoms with Crippen LogP contribution < -0.4 is 10.6 Å². The van der Waals surface area contributed by atoms with E-state index in [-0.39, 0.29) is 24.0 Å². The zero-order valence-electron chi connectivity index (χ0n) is 14.2. The van der Waals surface area contributed by atoms with E-state index in [1.165, 1.54) is 30.4 Å². The molecule has 0 bridgehead atoms. The molecule has 1 aromatic carbocycles. The molecule has 0 aliphatic heterocycles. The van der Waals surface area contributed by atoms with E-state index in [0.717, 1.165) is 17.8 Å². The molecule has 2 rings (SSSR count). The van der Waals surface area contributed by atoms with Crippen LogP contribution in [0.25, 0.3) is 0 Å². The Morgan fingerprint density at radius 1 is 1.26 bits per heavy atom. The van der Waals surface area contributed by atoms with Crippen molar-refractivity contribution < 1.29 is 4.74 Å². The zero-order valence-corrected chi connectivity index (χ0v) is 17.3. The summed E-state index contributed by atoms with van der Waals surface area (Å²) in [7, 11) is 3.55. The highest BCUT2D eigenvalue weighted by atomic mass is 127. The fraction of sp³-hybridized carbons (Fsp3) is 0.588. The minimum Gasteiger partial charge on any atom is -0.380 e. The number of methoxy groups -OCH3 is 1. The van der Waals surface area contributed by atoms with Crippen molar-refractivity contribution in [3.8, 4) is 0 Å². The molecular weight excluding hydrogens is 421 g/mol. The summed E-state index contributed by atoms with van der Waals surface area (Å²) < 4.78 is 5.13. The topological polar surface area (TPSA) is 45.7 Å². The first-order chi connectivity index (χ1) is 10.7. The summed E-state index contributed by atoms with van der Waals surface area (Å²) >= 11 is 1.98. The summed E-state index contributed by atoms with van der Waals surface area (Å²) in [6, 6.07) is 9.03. The first-order valence-electron chi connectivity index (χ1n) is 7.82. The number of nitrogens with one attached hydrogen (secondary N) is 2. The molecule has 1 aliphatic carbocycles. The first-order valence-corrected chi connectivity index (χ1v) is 9.10. The Morgan fingerprint density at radius 2 is 1.96 bits per heavy atom. The fourth-order valence-corrected chi connectivity index (χ4v) is 3.58. The molecule has 1 fully saturated rings. The van der Waals surface area contributed by atoms with E-state index < -0.39 is 0 Å². The molecule has 1 aromatic rings. The second-order valence-corrected chi connectivity index (χ2v) is 6.83. The summed E-state index contributed by atoms with van der Waals surface area (Å²) in [5, 5.41) is 7.73. The number of ether oxygens (including phenoxy) is 1. The van der Waals surface area contributed by atoms with Crippen LogP contribution in [0.1, 0.15) is 30.4 Å². The number of halogens is 1. The van der Waals surface area contributed by atoms with Crippen molar-refractivity contribution in [2.75, 3.05) is 20.4 Å². The predicted molar refractivity (Wildman–Crippen MR) is 111 cm³/mol. The third-order valence-corrected chi connectivity index (χ3v) is 5.17. The Bertz CT molecular complexity index is 481. The maximum atomic E-state index is 5.13. The van der Waals surface area contributed by atoms with Gasteiger partial charge in [-0.05, 0) is 36.6 Å². The summed E-state index contributed by atoms with van der Waals surface area (Å²) in [5.74, 6) is 0.896. The maximum Gasteiger partial charge on any atom is 0.191 e. The van der Waals surface area contributed by atoms with E-state index in [0.29, 0.717) is 12.6 Å². The molecule has 0 amide bonds. The summed E-state index contributed by atoms with van der Waals surface area (Å²) in [5.41, 5.74) is 2.44. The van der Waals surface area contributed by atoms with Crippen LogP contribution in [0.3, 0.4) is 0 Å². The number of hydrogen-bond acceptors (Lipinski definition) is 3. The summed E-state index contributed by atoms with van der Waals surface area (Å²) in [4.78, 5) is 4.33. The van der Waals surface area contributed by atoms with Crippen molar-refractivity contribution in [1.29, 1.82) is 0 Å². The van der Waals surface area contributed by atoms with Crippen molar-refractivity contribution in [3.05, 3.63) is 35.4 Å². The van der Waals surface area contributed by atoms with Crippen LogP contribution in [0, 0.1) is 0 Å². The smallest absolute Gasteiger partial charge is 0.191 e. The molecule has 0 saturated heterocycles. The predicted octanol–water partition coefficient (Wildman–Crippen LogP) is 3.40. The van der Waals surface area contributed by atoms with E-state index in [1.807, 2.05) is 18.8 Å². The molecule has 130 valence electrons. The van der Waals surface area contributed by atoms with Gasteiger partial charge >= 0.3 is 0 Å². The molecule has 6 heteroatoms. The van der Waals surface area contributed by atoms with Gasteiger partial charge in [-0.15, -0.1) is 24.0 Å². The second-order valence-electron chi connectivity index (χ2n) is 5.69. The molecule has 4 nitrogen and oxygen atoms in total. The monoisotopic (exact) mass is 449 g/mol. The summed E-state index contributed by atoms with van der Waals surface area (Å²) in [6.07, 6.45) is 5.97. The SMILES string of the molecule is CN=C(NCc1ccc(COC)cc1)NC1CCC(SC)C1.I. The lowest BCUT2D eigenvalue weighted by molar-refractivity contribution is 0.185. The van der Waals surface area contributed by atoms with Gasteiger partial charge in [0.1, 0.15) is 0 Å². The molecule has 0 aromatic heterocycles. The van der Waals surface area contributed by atoms with Crippen molar-refractivity contribution in [2.24, 2.45) is 4.99 Å². The normalized spacial score (nSPS) is 20.9. The van der Waals surface area contributed by atoms with Crippen molar-refractivity contribution >= 4 is 41.7 Å². The highest BCUT2D eigenvalue weighted by molar-refractivity contribution is 14.0. The van der Waals surface area contributed by atoms with Gasteiger partial charge in [-0.3, -0.25) is 4.99 Å². The number of guanidine groups is 1. The number of thioether (sulfide) groups is 1. The number of nitrogens with zero attached hydrogens (tertiary/aromatic N) is 1. The Labute approximate surface area is 161 Å². The average molecular weight is 449 g/mol. The van der Waals surface area contributed by atoms with Crippen LogP contribution in [-0.2, 0) is 17.9 Å². The lowest BCUT2D eigenvalue weighted by Gasteiger charge is -2.17. The Hall–Kier alpha value is -0.470. The van der Waals surface area contributed by atoms with Crippen LogP contribution >= 0.6 is 35.7 Å². The minimum absolute atomic E-state index is 0. The van der Waals surface area contributed by atoms with Gasteiger partial charge in [-0.2, -0.15) is 11.8 Å². The molecule has 0 spiro atoms. The van der Waals surface area contributed by atoms with E-state index in [9.17, 15) is 0 Å². The molecular formula is C17H28IN3OS. The zero-order chi connectivity index (χ0) is 15.8. The van der Waals surface area contributed by atoms with Gasteiger partial charge in [-0.1, -0.05) is 24.3 Å². The summed E-state index contributed by atoms with van der Waals surface area (Å²) in [6.45, 7) is 1.45. The van der Waals surface area contributed by atoms with E-state index in [4.69, 9.17) is 4.74 Å². The van der Waals surface area contributed by atoms with Crippen LogP contribution in [0.15, 0.2) is 29.3 Å². The number of hydrogen-bond donors (Lipinski definition) is 2. The highest BCUT2D eigenvalue weighted by Crippen LogP contribution is 2.27. The molecule has 2 atom stereocenters. The van der Waals surface area contributed by atoms with Crippen LogP contribution in [0.2, 0.25) is 0 Å². The number of aliphatic imine (C=N–C) groups is 1. The molecule has 1 saturated carbocycles. The lowest BCUT2D eigenvalue weighted by atomic mass is 10.1. The Morgan fingerprint density at radius 3 is 2.52 bits per heavy atom. The molecule has 0 heterocycles. The van der Waals surface area contributed by atoms with Crippen molar-refractivity contribution in [2.45, 2.75) is 43.7 Å². The van der Waals surface area contributed by atoms with Gasteiger partial charge in [0.15, 0.2) is 5.96 Å². The van der Waals surface area contributed by atoms with Gasteiger partial charge < -0.3 is 15.4 Å². The van der Waals surface area contributed by atoms with Crippen molar-refractivity contribution in [3.63, 3.8) is 0 Å². The molecule has 2 unspecified atom stereocenters. The number of rotatable bonds is 6. The standard InChI is InChI=1S/C17H27N3OS.HI/c1-18-17(20-15-8-9-16(10-15)22-3)19-11-13-4-6-14(7-5-13)12-21-2;/h4-7,15-16H,8-12H2,1-3H3,(H2,18,19,20);1H. The number of benzene rings is 1. The van der Waals surface area contributed by atoms with Gasteiger partial charge in [0.25, 0.3) is 0 Å². The third-order valence-electron chi connectivity index (χ3n) is 4.08. The third kappa shape index (κ3) is 6.89. The van der Waals surface area contributed by atoms with Crippen molar-refractivity contribution in [1.82, 2.24) is 10.6 Å². The van der Waals surface area contributed by atoms with Crippen LogP contribution in [-0.4, -0.2) is 37.7 Å². The first kappa shape index (κ1) is 20.6. The van der Waals surface area contributed by atoms with E-state index in [2.05, 4.69) is 46.1 Å². The van der Waals surface area contributed by atoms with Gasteiger partial charge in [-0.25, -0.2) is 0 Å². The van der Waals surface area contributed by atoms with Crippen LogP contribution in [0.5, 0.6) is 0 Å². The van der Waals surface area contributed by atoms with Crippen LogP contribution in [0.4, 0.5) is 0 Å². The molecule has 23 heavy (non-hydrogen) atoms. The molecule has 2 N–H and O–H groups in total. The Balaban J connectivity index is 0.00000264. The van der Waals surface area contributed by atoms with Gasteiger partial charge in [0.05, 0.1) is 6.61 Å². The Kier molecular flexibility index (Phi) is 9.97. The molecule has 1 aliphatic rings. The minimum atomic E-state index is 0. The van der Waals surface area contributed by atoms with E-state index >= 15 is 0 Å². The highest BCUT2D eigenvalue weighted by Gasteiger charge is 2.24. The van der Waals surface area contributed by atoms with E-state index in [1.54, 1.807) is 7.11 Å². The molecule has 0 radical (unpaired) electrons. The van der Waals surface area contributed by atoms with Gasteiger partial charge in [0, 0.05) is 32.0 Å². The largest absolute Gasteiger partial charge is 0.380 e.